The van der Waals surface area contributed by atoms with Crippen molar-refractivity contribution in [1.29, 1.82) is 0 Å². The van der Waals surface area contributed by atoms with Gasteiger partial charge in [-0.05, 0) is 73.7 Å². The van der Waals surface area contributed by atoms with Crippen LogP contribution in [0.2, 0.25) is 0 Å². The van der Waals surface area contributed by atoms with Gasteiger partial charge in [-0.3, -0.25) is 5.32 Å². The molecule has 7 nitrogen and oxygen atoms in total. The first kappa shape index (κ1) is 29.7. The Morgan fingerprint density at radius 3 is 2.56 bits per heavy atom. The molecule has 11 heteroatoms. The van der Waals surface area contributed by atoms with E-state index in [1.807, 2.05) is 43.3 Å². The molecule has 0 saturated heterocycles. The van der Waals surface area contributed by atoms with E-state index in [0.29, 0.717) is 29.5 Å². The summed E-state index contributed by atoms with van der Waals surface area (Å²) in [6, 6.07) is 18.9. The van der Waals surface area contributed by atoms with Gasteiger partial charge < -0.3 is 10.1 Å². The van der Waals surface area contributed by atoms with E-state index in [9.17, 15) is 18.0 Å². The second-order valence-corrected chi connectivity index (χ2v) is 9.89. The number of amides is 2. The first-order chi connectivity index (χ1) is 19.6. The highest BCUT2D eigenvalue weighted by Gasteiger charge is 2.31. The molecule has 0 unspecified atom stereocenters. The fraction of sp³-hybridized carbons (Fsp3) is 0.267. The number of nitrogens with one attached hydrogen (secondary N) is 2. The van der Waals surface area contributed by atoms with Gasteiger partial charge in [-0.15, -0.1) is 18.3 Å². The van der Waals surface area contributed by atoms with Crippen molar-refractivity contribution in [3.63, 3.8) is 0 Å². The Hall–Kier alpha value is -4.25. The summed E-state index contributed by atoms with van der Waals surface area (Å²) in [6.45, 7) is 4.57. The molecule has 214 valence electrons. The minimum absolute atomic E-state index is 0.309. The van der Waals surface area contributed by atoms with Crippen molar-refractivity contribution in [3.05, 3.63) is 95.3 Å². The molecule has 0 saturated carbocycles. The van der Waals surface area contributed by atoms with E-state index >= 15 is 0 Å². The van der Waals surface area contributed by atoms with E-state index in [2.05, 4.69) is 38.4 Å². The van der Waals surface area contributed by atoms with Gasteiger partial charge in [0.05, 0.1) is 5.69 Å². The fourth-order valence-electron chi connectivity index (χ4n) is 4.28. The van der Waals surface area contributed by atoms with E-state index in [-0.39, 0.29) is 11.8 Å². The number of aryl methyl sites for hydroxylation is 3. The third kappa shape index (κ3) is 8.62. The van der Waals surface area contributed by atoms with E-state index in [4.69, 9.17) is 12.2 Å². The van der Waals surface area contributed by atoms with Gasteiger partial charge in [-0.1, -0.05) is 61.5 Å². The monoisotopic (exact) mass is 581 g/mol. The highest BCUT2D eigenvalue weighted by atomic mass is 32.1. The Labute approximate surface area is 241 Å². The maximum absolute atomic E-state index is 12.4. The second-order valence-electron chi connectivity index (χ2n) is 9.48. The number of nitrogens with zero attached hydrogens (tertiary/aromatic N) is 3. The van der Waals surface area contributed by atoms with Crippen LogP contribution in [0.4, 0.5) is 18.0 Å². The van der Waals surface area contributed by atoms with Gasteiger partial charge in [0.15, 0.2) is 5.82 Å². The number of alkyl halides is 3. The van der Waals surface area contributed by atoms with E-state index in [1.165, 1.54) is 35.3 Å². The highest BCUT2D eigenvalue weighted by molar-refractivity contribution is 7.80. The summed E-state index contributed by atoms with van der Waals surface area (Å²) < 4.78 is 42.6. The Bertz CT molecular complexity index is 1500. The summed E-state index contributed by atoms with van der Waals surface area (Å²) in [6.07, 6.45) is 0.0607. The molecule has 0 radical (unpaired) electrons. The summed E-state index contributed by atoms with van der Waals surface area (Å²) in [5, 5.41) is 10.1. The van der Waals surface area contributed by atoms with Crippen LogP contribution < -0.4 is 15.4 Å². The van der Waals surface area contributed by atoms with E-state index in [0.717, 1.165) is 47.1 Å². The summed E-state index contributed by atoms with van der Waals surface area (Å²) in [5.74, 6) is 0.170. The van der Waals surface area contributed by atoms with Crippen molar-refractivity contribution >= 4 is 23.2 Å². The van der Waals surface area contributed by atoms with Crippen LogP contribution in [0.15, 0.2) is 73.1 Å². The van der Waals surface area contributed by atoms with Crippen LogP contribution in [0.3, 0.4) is 0 Å². The number of halogens is 3. The topological polar surface area (TPSA) is 81.1 Å². The summed E-state index contributed by atoms with van der Waals surface area (Å²) >= 11 is 5.50. The van der Waals surface area contributed by atoms with Gasteiger partial charge in [0.25, 0.3) is 0 Å². The summed E-state index contributed by atoms with van der Waals surface area (Å²) in [5.41, 5.74) is 5.49. The van der Waals surface area contributed by atoms with Crippen molar-refractivity contribution in [1.82, 2.24) is 25.4 Å². The molecule has 0 spiro atoms. The van der Waals surface area contributed by atoms with Crippen molar-refractivity contribution in [2.75, 3.05) is 6.54 Å². The number of carbonyl (C=O) groups is 1. The molecule has 0 aliphatic carbocycles. The quantitative estimate of drug-likeness (QED) is 0.161. The van der Waals surface area contributed by atoms with Gasteiger partial charge >= 0.3 is 12.4 Å². The lowest BCUT2D eigenvalue weighted by Crippen LogP contribution is -2.39. The lowest BCUT2D eigenvalue weighted by atomic mass is 10.0. The third-order valence-electron chi connectivity index (χ3n) is 6.20. The van der Waals surface area contributed by atoms with Crippen LogP contribution in [0.25, 0.3) is 17.1 Å². The number of hydrogen-bond acceptors (Lipinski definition) is 5. The molecule has 2 N–H and O–H groups in total. The predicted molar refractivity (Wildman–Crippen MR) is 155 cm³/mol. The first-order valence-electron chi connectivity index (χ1n) is 13.2. The number of urea groups is 1. The van der Waals surface area contributed by atoms with Gasteiger partial charge in [-0.2, -0.15) is 0 Å². The molecule has 4 aromatic rings. The predicted octanol–water partition coefficient (Wildman–Crippen LogP) is 6.70. The smallest absolute Gasteiger partial charge is 0.406 e. The number of aromatic nitrogens is 3. The Kier molecular flexibility index (Phi) is 9.72. The molecule has 0 aliphatic rings. The van der Waals surface area contributed by atoms with E-state index < -0.39 is 6.36 Å². The normalized spacial score (nSPS) is 11.2. The fourth-order valence-corrected chi connectivity index (χ4v) is 4.57. The second kappa shape index (κ2) is 13.4. The minimum Gasteiger partial charge on any atom is -0.406 e. The summed E-state index contributed by atoms with van der Waals surface area (Å²) in [4.78, 5) is 17.2. The number of rotatable bonds is 10. The molecule has 0 atom stereocenters. The minimum atomic E-state index is -4.75. The molecule has 2 amide bonds. The third-order valence-corrected chi connectivity index (χ3v) is 6.52. The number of hydrogen-bond donors (Lipinski definition) is 2. The lowest BCUT2D eigenvalue weighted by molar-refractivity contribution is -0.274. The van der Waals surface area contributed by atoms with Crippen molar-refractivity contribution in [2.45, 2.75) is 45.9 Å². The van der Waals surface area contributed by atoms with Crippen molar-refractivity contribution in [3.8, 4) is 22.8 Å². The molecule has 3 aromatic carbocycles. The van der Waals surface area contributed by atoms with Crippen LogP contribution in [-0.4, -0.2) is 38.7 Å². The highest BCUT2D eigenvalue weighted by Crippen LogP contribution is 2.24. The number of carbonyl (C=O) groups excluding carboxylic acids is 1. The van der Waals surface area contributed by atoms with Crippen molar-refractivity contribution in [2.24, 2.45) is 0 Å². The maximum Gasteiger partial charge on any atom is 0.573 e. The van der Waals surface area contributed by atoms with Crippen LogP contribution in [0.5, 0.6) is 5.75 Å². The average Bonchev–Trinajstić information content (AvgIpc) is 3.42. The van der Waals surface area contributed by atoms with Crippen LogP contribution >= 0.6 is 12.2 Å². The molecule has 1 heterocycles. The van der Waals surface area contributed by atoms with Gasteiger partial charge in [-0.25, -0.2) is 14.5 Å². The molecule has 41 heavy (non-hydrogen) atoms. The summed E-state index contributed by atoms with van der Waals surface area (Å²) in [7, 11) is 0. The van der Waals surface area contributed by atoms with Crippen molar-refractivity contribution < 1.29 is 22.7 Å². The molecule has 1 aromatic heterocycles. The van der Waals surface area contributed by atoms with Crippen LogP contribution in [-0.2, 0) is 12.8 Å². The molecule has 0 aliphatic heterocycles. The zero-order valence-electron chi connectivity index (χ0n) is 22.7. The Morgan fingerprint density at radius 2 is 1.83 bits per heavy atom. The molecule has 4 rings (SSSR count). The molecule has 0 bridgehead atoms. The average molecular weight is 582 g/mol. The standard InChI is InChI=1S/C30H30F3N5O2S/c1-3-6-22-11-10-20(2)17-26(22)28(41)36-29(39)34-16-5-8-21-7-4-9-23(18-21)27-35-19-38(37-27)24-12-14-25(15-13-24)40-30(31,32)33/h4,7,9-15,17-19H,3,5-6,8,16H2,1-2H3,(H2,34,36,39,41). The zero-order valence-corrected chi connectivity index (χ0v) is 23.5. The van der Waals surface area contributed by atoms with Crippen LogP contribution in [0, 0.1) is 6.92 Å². The van der Waals surface area contributed by atoms with E-state index in [1.54, 1.807) is 0 Å². The maximum atomic E-state index is 12.4. The molecular formula is C30H30F3N5O2S. The van der Waals surface area contributed by atoms with Gasteiger partial charge in [0.1, 0.15) is 17.1 Å². The van der Waals surface area contributed by atoms with Gasteiger partial charge in [0.2, 0.25) is 0 Å². The zero-order chi connectivity index (χ0) is 29.4. The number of benzene rings is 3. The Balaban J connectivity index is 1.28. The largest absolute Gasteiger partial charge is 0.573 e. The number of thiocarbonyl (C=S) groups is 1. The SMILES string of the molecule is CCCc1ccc(C)cc1C(=S)NC(=O)NCCCc1cccc(-c2ncn(-c3ccc(OC(F)(F)F)cc3)n2)c1. The van der Waals surface area contributed by atoms with Crippen LogP contribution in [0.1, 0.15) is 42.0 Å². The molecular weight excluding hydrogens is 551 g/mol. The number of ether oxygens (including phenoxy) is 1. The lowest BCUT2D eigenvalue weighted by Gasteiger charge is -2.13. The Morgan fingerprint density at radius 1 is 1.05 bits per heavy atom. The first-order valence-corrected chi connectivity index (χ1v) is 13.6. The molecule has 0 fully saturated rings. The van der Waals surface area contributed by atoms with Gasteiger partial charge in [0, 0.05) is 17.7 Å².